The van der Waals surface area contributed by atoms with Gasteiger partial charge in [-0.25, -0.2) is 29.9 Å². The van der Waals surface area contributed by atoms with Crippen molar-refractivity contribution < 1.29 is 86.3 Å². The van der Waals surface area contributed by atoms with Gasteiger partial charge in [0.1, 0.15) is 6.04 Å². The smallest absolute Gasteiger partial charge is 0.261 e. The van der Waals surface area contributed by atoms with E-state index in [2.05, 4.69) is 37.1 Å². The van der Waals surface area contributed by atoms with E-state index in [1.807, 2.05) is 108 Å². The predicted octanol–water partition coefficient (Wildman–Crippen LogP) is 7.99. The minimum absolute atomic E-state index is 0. The van der Waals surface area contributed by atoms with E-state index in [4.69, 9.17) is 34.5 Å². The molecule has 1 radical (unpaired) electrons. The van der Waals surface area contributed by atoms with Crippen LogP contribution in [0.2, 0.25) is 0 Å². The van der Waals surface area contributed by atoms with Crippen LogP contribution in [0.3, 0.4) is 0 Å². The molecule has 4 aliphatic rings. The van der Waals surface area contributed by atoms with Gasteiger partial charge in [-0.05, 0) is 117 Å². The van der Waals surface area contributed by atoms with Crippen molar-refractivity contribution in [3.63, 3.8) is 0 Å². The maximum absolute atomic E-state index is 14.8. The number of fused-ring (bicyclic) bond motifs is 2. The number of pyridine rings is 6. The zero-order chi connectivity index (χ0) is 59.0. The first-order valence-corrected chi connectivity index (χ1v) is 32.3. The molecule has 0 saturated heterocycles. The number of unbranched alkanes of at least 4 members (excludes halogenated alkanes) is 2. The summed E-state index contributed by atoms with van der Waals surface area (Å²) in [4.78, 5) is 105. The maximum atomic E-state index is 14.8. The fourth-order valence-corrected chi connectivity index (χ4v) is 11.4. The van der Waals surface area contributed by atoms with Crippen LogP contribution in [0.25, 0.3) is 34.2 Å². The first-order valence-electron chi connectivity index (χ1n) is 28.1. The Morgan fingerprint density at radius 3 is 1.60 bits per heavy atom. The molecule has 0 saturated carbocycles. The molecular weight excluding hydrogens is 1370 g/mol. The van der Waals surface area contributed by atoms with Crippen LogP contribution in [-0.4, -0.2) is 112 Å². The number of hydrogen-bond donors (Lipinski definition) is 5. The average molecular weight is 1440 g/mol. The van der Waals surface area contributed by atoms with Crippen molar-refractivity contribution in [2.24, 2.45) is 0 Å². The first kappa shape index (κ1) is 65.3. The van der Waals surface area contributed by atoms with E-state index < -0.39 is 22.1 Å². The molecule has 11 rings (SSSR count). The summed E-state index contributed by atoms with van der Waals surface area (Å²) in [6.07, 6.45) is 7.22. The van der Waals surface area contributed by atoms with Crippen molar-refractivity contribution in [2.75, 3.05) is 23.8 Å². The summed E-state index contributed by atoms with van der Waals surface area (Å²) in [6, 6.07) is 34.4. The zero-order valence-corrected chi connectivity index (χ0v) is 53.3. The monoisotopic (exact) mass is 1440 g/mol. The quantitative estimate of drug-likeness (QED) is 0.0317. The largest absolute Gasteiger partial charge is 0.354 e. The van der Waals surface area contributed by atoms with Gasteiger partial charge >= 0.3 is 0 Å². The van der Waals surface area contributed by atoms with Gasteiger partial charge in [-0.15, -0.1) is 11.3 Å². The van der Waals surface area contributed by atoms with E-state index in [0.717, 1.165) is 76.1 Å². The Morgan fingerprint density at radius 2 is 1.07 bits per heavy atom. The third-order valence-electron chi connectivity index (χ3n) is 14.1. The van der Waals surface area contributed by atoms with Gasteiger partial charge in [-0.1, -0.05) is 66.1 Å². The van der Waals surface area contributed by atoms with Gasteiger partial charge in [-0.3, -0.25) is 38.3 Å². The van der Waals surface area contributed by atoms with Gasteiger partial charge in [0.2, 0.25) is 17.7 Å². The molecule has 7 aromatic heterocycles. The van der Waals surface area contributed by atoms with Crippen LogP contribution in [-0.2, 0) is 76.7 Å². The topological polar surface area (TPSA) is 272 Å². The predicted molar refractivity (Wildman–Crippen MR) is 328 cm³/mol. The third kappa shape index (κ3) is 20.4. The number of carbonyl (C=O) groups excluding carboxylic acids is 5. The molecule has 1 unspecified atom stereocenters. The molecule has 24 heteroatoms. The number of alkyl halides is 1. The van der Waals surface area contributed by atoms with Crippen LogP contribution in [0, 0.1) is 49.4 Å². The van der Waals surface area contributed by atoms with E-state index in [0.29, 0.717) is 135 Å². The number of aryl methyl sites for hydroxylation is 1. The van der Waals surface area contributed by atoms with Crippen LogP contribution in [0.4, 0.5) is 0 Å². The molecule has 0 fully saturated rings. The van der Waals surface area contributed by atoms with Crippen molar-refractivity contribution >= 4 is 73.5 Å². The van der Waals surface area contributed by atoms with Gasteiger partial charge in [0.05, 0.1) is 85.6 Å². The molecule has 16 bridgehead atoms. The van der Waals surface area contributed by atoms with E-state index in [1.165, 1.54) is 4.88 Å². The van der Waals surface area contributed by atoms with Crippen molar-refractivity contribution in [1.82, 2.24) is 61.0 Å². The number of thiophene rings is 1. The number of ketones is 1. The summed E-state index contributed by atoms with van der Waals surface area (Å²) >= 11 is 3.65. The number of nitrogens with zero attached hydrogens (tertiary/aromatic N) is 8. The Kier molecular flexibility index (Phi) is 24.4. The fourth-order valence-electron chi connectivity index (χ4n) is 10.2. The van der Waals surface area contributed by atoms with Gasteiger partial charge < -0.3 is 21.3 Å². The Balaban J connectivity index is 0.00000150. The molecule has 445 valence electrons. The van der Waals surface area contributed by atoms with E-state index in [1.54, 1.807) is 29.5 Å². The molecule has 5 N–H and O–H groups in total. The van der Waals surface area contributed by atoms with Crippen LogP contribution in [0.5, 0.6) is 0 Å². The summed E-state index contributed by atoms with van der Waals surface area (Å²) in [6.45, 7) is 3.43. The molecule has 11 heterocycles. The fraction of sp³-hybridized carbons (Fsp3) is 0.361. The number of carbonyl (C=O) groups is 5. The average Bonchev–Trinajstić information content (AvgIpc) is 3.81. The molecule has 85 heavy (non-hydrogen) atoms. The zero-order valence-electron chi connectivity index (χ0n) is 47.1. The standard InChI is InChI=1S/C60H63IN12O5S.CH4O3S.Eu/c61-31-58(76)63-26-25-62-57(75)22-6-1-3-15-47-23-24-48(79-47)32-64-60(78)53-16-4-2-5-21-56(74)39-27-45-37-72-33-41-11-7-17-49(65-41)51-19-9-13-43(67-51)35-73(36-44-14-10-20-52(68-44)50-18-8-12-42(34-72)66-50)38-46-28-40(59(77)71-53)30-55(70-46)54(29-39)69-45;1-5(2,3)4;/h7-14,17-20,23-24,27-30,53H,1-6,15-16,21-22,25-26,31-38H2,(H,62,75)(H,63,76)(H,64,78)(H,71,77);1H3,(H,2,3,4);. The molecule has 0 aliphatic carbocycles. The molecular formula is C61H67EuIN12O8S2. The van der Waals surface area contributed by atoms with Crippen LogP contribution < -0.4 is 21.3 Å². The second-order valence-electron chi connectivity index (χ2n) is 21.1. The van der Waals surface area contributed by atoms with Crippen LogP contribution in [0.1, 0.15) is 122 Å². The SMILES string of the molecule is CS(=O)(=O)O.O=C(CI)NCCNC(=O)CCCCCc1ccc(CNC(=O)C2CCCCCC(=O)c3cc4nc(c3)-c3cc(cc(n3)CN3Cc5cccc(n5)-c5cccc(n5)CN(Cc5cccc(n5)-c5cccc(n5)C3)C4)C(=O)N2)s1.[Eu]. The number of nitrogens with one attached hydrogen (secondary N) is 4. The van der Waals surface area contributed by atoms with Crippen molar-refractivity contribution in [1.29, 1.82) is 0 Å². The van der Waals surface area contributed by atoms with Gasteiger partial charge in [-0.2, -0.15) is 8.42 Å². The Hall–Kier alpha value is -5.71. The van der Waals surface area contributed by atoms with Crippen molar-refractivity contribution in [2.45, 2.75) is 116 Å². The van der Waals surface area contributed by atoms with E-state index >= 15 is 0 Å². The second kappa shape index (κ2) is 31.8. The molecule has 1 atom stereocenters. The van der Waals surface area contributed by atoms with Gasteiger partial charge in [0.15, 0.2) is 5.78 Å². The number of halogens is 1. The Morgan fingerprint density at radius 1 is 0.600 bits per heavy atom. The van der Waals surface area contributed by atoms with E-state index in [9.17, 15) is 32.4 Å². The Labute approximate surface area is 553 Å². The number of hydrogen-bond acceptors (Lipinski definition) is 16. The van der Waals surface area contributed by atoms with E-state index in [-0.39, 0.29) is 79.4 Å². The second-order valence-corrected chi connectivity index (χ2v) is 24.6. The van der Waals surface area contributed by atoms with Gasteiger partial charge in [0.25, 0.3) is 16.0 Å². The number of Topliss-reactive ketones (excluding diaryl/α,β-unsaturated/α-hetero) is 1. The summed E-state index contributed by atoms with van der Waals surface area (Å²) < 4.78 is 26.3. The summed E-state index contributed by atoms with van der Waals surface area (Å²) in [5.41, 5.74) is 9.23. The number of amides is 4. The Bertz CT molecular complexity index is 3530. The van der Waals surface area contributed by atoms with Crippen molar-refractivity contribution in [3.8, 4) is 34.2 Å². The number of aromatic nitrogens is 6. The molecule has 4 amide bonds. The number of rotatable bonds is 13. The van der Waals surface area contributed by atoms with Crippen LogP contribution in [0.15, 0.2) is 109 Å². The minimum Gasteiger partial charge on any atom is -0.354 e. The molecule has 7 aromatic rings. The molecule has 0 spiro atoms. The molecule has 4 aliphatic heterocycles. The summed E-state index contributed by atoms with van der Waals surface area (Å²) in [5, 5.41) is 11.8. The molecule has 20 nitrogen and oxygen atoms in total. The van der Waals surface area contributed by atoms with Gasteiger partial charge in [0, 0.05) is 135 Å². The summed E-state index contributed by atoms with van der Waals surface area (Å²) in [7, 11) is -3.67. The van der Waals surface area contributed by atoms with Crippen molar-refractivity contribution in [3.05, 3.63) is 164 Å². The minimum atomic E-state index is -3.67. The molecule has 0 aromatic carbocycles. The first-order chi connectivity index (χ1) is 40.5. The summed E-state index contributed by atoms with van der Waals surface area (Å²) in [5.74, 6) is -0.786. The normalized spacial score (nSPS) is 16.7. The van der Waals surface area contributed by atoms with Crippen LogP contribution >= 0.6 is 33.9 Å². The third-order valence-corrected chi connectivity index (χ3v) is 15.9. The maximum Gasteiger partial charge on any atom is 0.261 e.